The number of halogens is 1. The van der Waals surface area contributed by atoms with E-state index in [1.165, 1.54) is 0 Å². The van der Waals surface area contributed by atoms with E-state index in [4.69, 9.17) is 16.3 Å². The Balaban J connectivity index is 2.43. The number of aromatic nitrogens is 2. The van der Waals surface area contributed by atoms with Gasteiger partial charge in [-0.1, -0.05) is 18.5 Å². The largest absolute Gasteiger partial charge is 0.385 e. The molecule has 0 atom stereocenters. The van der Waals surface area contributed by atoms with Crippen molar-refractivity contribution >= 4 is 11.6 Å². The molecule has 0 aliphatic heterocycles. The van der Waals surface area contributed by atoms with Gasteiger partial charge in [0.15, 0.2) is 0 Å². The number of hydrogen-bond acceptors (Lipinski definition) is 3. The van der Waals surface area contributed by atoms with Gasteiger partial charge >= 0.3 is 0 Å². The van der Waals surface area contributed by atoms with Crippen LogP contribution in [0, 0.1) is 0 Å². The minimum absolute atomic E-state index is 0.784. The lowest BCUT2D eigenvalue weighted by atomic mass is 10.3. The summed E-state index contributed by atoms with van der Waals surface area (Å²) in [4.78, 5) is 0. The topological polar surface area (TPSA) is 39.1 Å². The lowest BCUT2D eigenvalue weighted by Gasteiger charge is -2.07. The molecule has 5 heteroatoms. The molecule has 0 radical (unpaired) electrons. The van der Waals surface area contributed by atoms with Gasteiger partial charge in [0.1, 0.15) is 0 Å². The van der Waals surface area contributed by atoms with E-state index in [2.05, 4.69) is 24.3 Å². The number of nitrogens with zero attached hydrogens (tertiary/aromatic N) is 2. The van der Waals surface area contributed by atoms with Gasteiger partial charge in [0.2, 0.25) is 0 Å². The molecule has 0 fully saturated rings. The van der Waals surface area contributed by atoms with E-state index < -0.39 is 0 Å². The summed E-state index contributed by atoms with van der Waals surface area (Å²) in [6.07, 6.45) is 3.09. The van der Waals surface area contributed by atoms with Crippen molar-refractivity contribution in [2.75, 3.05) is 20.3 Å². The van der Waals surface area contributed by atoms with E-state index in [-0.39, 0.29) is 0 Å². The highest BCUT2D eigenvalue weighted by Gasteiger charge is 2.13. The van der Waals surface area contributed by atoms with Gasteiger partial charge in [-0.2, -0.15) is 5.10 Å². The first-order valence-electron chi connectivity index (χ1n) is 6.68. The maximum atomic E-state index is 6.33. The minimum Gasteiger partial charge on any atom is -0.385 e. The fourth-order valence-electron chi connectivity index (χ4n) is 1.89. The van der Waals surface area contributed by atoms with E-state index >= 15 is 0 Å². The van der Waals surface area contributed by atoms with Gasteiger partial charge in [-0.25, -0.2) is 0 Å². The number of unbranched alkanes of at least 4 members (excludes halogenated alkanes) is 1. The first-order valence-corrected chi connectivity index (χ1v) is 7.06. The van der Waals surface area contributed by atoms with Gasteiger partial charge in [0, 0.05) is 26.8 Å². The second-order valence-electron chi connectivity index (χ2n) is 4.25. The van der Waals surface area contributed by atoms with Crippen molar-refractivity contribution in [1.82, 2.24) is 15.1 Å². The Bertz CT molecular complexity index is 352. The molecule has 0 saturated heterocycles. The highest BCUT2D eigenvalue weighted by molar-refractivity contribution is 6.31. The van der Waals surface area contributed by atoms with E-state index in [1.807, 2.05) is 4.68 Å². The Morgan fingerprint density at radius 1 is 1.33 bits per heavy atom. The van der Waals surface area contributed by atoms with Crippen LogP contribution in [0.5, 0.6) is 0 Å². The smallest absolute Gasteiger partial charge is 0.0863 e. The Morgan fingerprint density at radius 2 is 2.11 bits per heavy atom. The first-order chi connectivity index (χ1) is 8.74. The van der Waals surface area contributed by atoms with E-state index in [1.54, 1.807) is 7.11 Å². The summed E-state index contributed by atoms with van der Waals surface area (Å²) >= 11 is 6.33. The molecule has 0 saturated carbocycles. The summed E-state index contributed by atoms with van der Waals surface area (Å²) in [5, 5.41) is 8.74. The standard InChI is InChI=1S/C13H24ClN3O/c1-4-11-13(14)12(17(5-2)16-11)10-15-8-6-7-9-18-3/h15H,4-10H2,1-3H3. The summed E-state index contributed by atoms with van der Waals surface area (Å²) in [7, 11) is 1.74. The molecule has 1 rings (SSSR count). The predicted octanol–water partition coefficient (Wildman–Crippen LogP) is 2.64. The van der Waals surface area contributed by atoms with Crippen molar-refractivity contribution < 1.29 is 4.74 Å². The van der Waals surface area contributed by atoms with Gasteiger partial charge in [0.25, 0.3) is 0 Å². The molecule has 0 bridgehead atoms. The highest BCUT2D eigenvalue weighted by Crippen LogP contribution is 2.21. The fraction of sp³-hybridized carbons (Fsp3) is 0.769. The van der Waals surface area contributed by atoms with Crippen molar-refractivity contribution in [2.45, 2.75) is 46.2 Å². The highest BCUT2D eigenvalue weighted by atomic mass is 35.5. The molecule has 0 aromatic carbocycles. The Morgan fingerprint density at radius 3 is 2.72 bits per heavy atom. The van der Waals surface area contributed by atoms with Gasteiger partial charge in [-0.05, 0) is 32.7 Å². The van der Waals surface area contributed by atoms with Crippen LogP contribution in [0.3, 0.4) is 0 Å². The van der Waals surface area contributed by atoms with Crippen LogP contribution in [0.1, 0.15) is 38.1 Å². The molecule has 0 unspecified atom stereocenters. The summed E-state index contributed by atoms with van der Waals surface area (Å²) in [6, 6.07) is 0. The van der Waals surface area contributed by atoms with Crippen molar-refractivity contribution in [2.24, 2.45) is 0 Å². The molecule has 1 aromatic rings. The average molecular weight is 274 g/mol. The maximum absolute atomic E-state index is 6.33. The minimum atomic E-state index is 0.784. The zero-order chi connectivity index (χ0) is 13.4. The summed E-state index contributed by atoms with van der Waals surface area (Å²) in [5.41, 5.74) is 2.09. The monoisotopic (exact) mass is 273 g/mol. The SMILES string of the molecule is CCc1nn(CC)c(CNCCCCOC)c1Cl. The van der Waals surface area contributed by atoms with Crippen molar-refractivity contribution in [1.29, 1.82) is 0 Å². The van der Waals surface area contributed by atoms with Crippen LogP contribution in [0.15, 0.2) is 0 Å². The molecular formula is C13H24ClN3O. The predicted molar refractivity (Wildman–Crippen MR) is 75.1 cm³/mol. The molecule has 4 nitrogen and oxygen atoms in total. The second kappa shape index (κ2) is 8.51. The normalized spacial score (nSPS) is 11.1. The number of rotatable bonds is 9. The van der Waals surface area contributed by atoms with Crippen molar-refractivity contribution in [3.05, 3.63) is 16.4 Å². The second-order valence-corrected chi connectivity index (χ2v) is 4.63. The molecule has 18 heavy (non-hydrogen) atoms. The first kappa shape index (κ1) is 15.5. The number of aryl methyl sites for hydroxylation is 2. The number of methoxy groups -OCH3 is 1. The van der Waals surface area contributed by atoms with Crippen molar-refractivity contribution in [3.8, 4) is 0 Å². The van der Waals surface area contributed by atoms with Crippen LogP contribution in [0.2, 0.25) is 5.02 Å². The molecule has 1 aromatic heterocycles. The molecule has 0 aliphatic carbocycles. The summed E-state index contributed by atoms with van der Waals surface area (Å²) < 4.78 is 7.01. The van der Waals surface area contributed by atoms with E-state index in [0.29, 0.717) is 0 Å². The third kappa shape index (κ3) is 4.26. The van der Waals surface area contributed by atoms with Crippen LogP contribution in [0.4, 0.5) is 0 Å². The third-order valence-corrected chi connectivity index (χ3v) is 3.37. The van der Waals surface area contributed by atoms with Crippen LogP contribution < -0.4 is 5.32 Å². The molecular weight excluding hydrogens is 250 g/mol. The molecule has 0 amide bonds. The van der Waals surface area contributed by atoms with Crippen LogP contribution in [-0.2, 0) is 24.2 Å². The Labute approximate surface area is 115 Å². The summed E-state index contributed by atoms with van der Waals surface area (Å²) in [5.74, 6) is 0. The molecule has 0 spiro atoms. The number of nitrogens with one attached hydrogen (secondary N) is 1. The summed E-state index contributed by atoms with van der Waals surface area (Å²) in [6.45, 7) is 7.62. The average Bonchev–Trinajstić information content (AvgIpc) is 2.70. The van der Waals surface area contributed by atoms with Gasteiger partial charge < -0.3 is 10.1 Å². The van der Waals surface area contributed by atoms with Crippen LogP contribution in [0.25, 0.3) is 0 Å². The molecule has 0 aliphatic rings. The zero-order valence-corrected chi connectivity index (χ0v) is 12.4. The van der Waals surface area contributed by atoms with Gasteiger partial charge in [-0.15, -0.1) is 0 Å². The molecule has 104 valence electrons. The Kier molecular flexibility index (Phi) is 7.32. The van der Waals surface area contributed by atoms with E-state index in [0.717, 1.165) is 61.9 Å². The molecule has 1 heterocycles. The molecule has 1 N–H and O–H groups in total. The zero-order valence-electron chi connectivity index (χ0n) is 11.6. The van der Waals surface area contributed by atoms with E-state index in [9.17, 15) is 0 Å². The Hall–Kier alpha value is -0.580. The number of hydrogen-bond donors (Lipinski definition) is 1. The lowest BCUT2D eigenvalue weighted by molar-refractivity contribution is 0.192. The number of ether oxygens (including phenoxy) is 1. The van der Waals surface area contributed by atoms with Gasteiger partial charge in [0.05, 0.1) is 16.4 Å². The lowest BCUT2D eigenvalue weighted by Crippen LogP contribution is -2.18. The van der Waals surface area contributed by atoms with Crippen LogP contribution >= 0.6 is 11.6 Å². The maximum Gasteiger partial charge on any atom is 0.0863 e. The van der Waals surface area contributed by atoms with Gasteiger partial charge in [-0.3, -0.25) is 4.68 Å². The third-order valence-electron chi connectivity index (χ3n) is 2.94. The quantitative estimate of drug-likeness (QED) is 0.703. The fourth-order valence-corrected chi connectivity index (χ4v) is 2.23. The van der Waals surface area contributed by atoms with Crippen molar-refractivity contribution in [3.63, 3.8) is 0 Å². The van der Waals surface area contributed by atoms with Crippen LogP contribution in [-0.4, -0.2) is 30.0 Å².